The van der Waals surface area contributed by atoms with Crippen molar-refractivity contribution >= 4 is 33.2 Å². The summed E-state index contributed by atoms with van der Waals surface area (Å²) in [6, 6.07) is 2.73. The number of sulfonamides is 1. The number of nitrogens with zero attached hydrogens (tertiary/aromatic N) is 1. The van der Waals surface area contributed by atoms with Gasteiger partial charge in [-0.3, -0.25) is 4.79 Å². The van der Waals surface area contributed by atoms with Crippen molar-refractivity contribution in [3.8, 4) is 0 Å². The Bertz CT molecular complexity index is 609. The van der Waals surface area contributed by atoms with E-state index in [9.17, 15) is 13.2 Å². The first-order valence-corrected chi connectivity index (χ1v) is 8.36. The van der Waals surface area contributed by atoms with Crippen LogP contribution in [0.3, 0.4) is 0 Å². The molecule has 0 aromatic heterocycles. The molecule has 0 radical (unpaired) electrons. The molecule has 0 aliphatic rings. The summed E-state index contributed by atoms with van der Waals surface area (Å²) in [5.74, 6) is -0.701. The molecule has 118 valence electrons. The fourth-order valence-corrected chi connectivity index (χ4v) is 3.53. The summed E-state index contributed by atoms with van der Waals surface area (Å²) in [6.07, 6.45) is 1.43. The number of benzene rings is 1. The molecule has 0 saturated heterocycles. The van der Waals surface area contributed by atoms with Crippen LogP contribution in [0.4, 0.5) is 5.69 Å². The second-order valence-corrected chi connectivity index (χ2v) is 7.12. The first-order chi connectivity index (χ1) is 9.70. The van der Waals surface area contributed by atoms with Crippen LogP contribution < -0.4 is 11.5 Å². The first kappa shape index (κ1) is 17.7. The third-order valence-corrected chi connectivity index (χ3v) is 5.33. The molecule has 0 bridgehead atoms. The number of amides is 1. The lowest BCUT2D eigenvalue weighted by Gasteiger charge is -2.21. The van der Waals surface area contributed by atoms with Crippen LogP contribution in [0.5, 0.6) is 0 Å². The molecule has 0 heterocycles. The van der Waals surface area contributed by atoms with Gasteiger partial charge in [0.15, 0.2) is 0 Å². The number of unbranched alkanes of at least 4 members (excludes halogenated alkanes) is 1. The van der Waals surface area contributed by atoms with Crippen molar-refractivity contribution in [1.29, 1.82) is 0 Å². The van der Waals surface area contributed by atoms with Crippen molar-refractivity contribution in [3.05, 3.63) is 22.7 Å². The Morgan fingerprint density at radius 2 is 2.00 bits per heavy atom. The highest BCUT2D eigenvalue weighted by Crippen LogP contribution is 2.28. The van der Waals surface area contributed by atoms with Gasteiger partial charge in [0.25, 0.3) is 0 Å². The van der Waals surface area contributed by atoms with Gasteiger partial charge >= 0.3 is 0 Å². The van der Waals surface area contributed by atoms with Gasteiger partial charge in [-0.1, -0.05) is 24.9 Å². The molecule has 21 heavy (non-hydrogen) atoms. The summed E-state index contributed by atoms with van der Waals surface area (Å²) in [5, 5.41) is 0.323. The third-order valence-electron chi connectivity index (χ3n) is 2.99. The zero-order chi connectivity index (χ0) is 16.2. The Kier molecular flexibility index (Phi) is 6.00. The number of hydrogen-bond donors (Lipinski definition) is 2. The molecule has 4 N–H and O–H groups in total. The third kappa shape index (κ3) is 4.33. The van der Waals surface area contributed by atoms with E-state index in [1.54, 1.807) is 6.92 Å². The number of carbonyl (C=O) groups excluding carboxylic acids is 1. The maximum absolute atomic E-state index is 12.6. The highest BCUT2D eigenvalue weighted by molar-refractivity contribution is 7.89. The second kappa shape index (κ2) is 7.11. The minimum atomic E-state index is -3.84. The maximum atomic E-state index is 12.6. The molecule has 0 saturated carbocycles. The largest absolute Gasteiger partial charge is 0.397 e. The SMILES string of the molecule is CCCCN(CC(N)=O)S(=O)(=O)c1cc(C)c(Cl)c(N)c1. The van der Waals surface area contributed by atoms with Crippen molar-refractivity contribution in [2.75, 3.05) is 18.8 Å². The summed E-state index contributed by atoms with van der Waals surface area (Å²) in [4.78, 5) is 11.1. The lowest BCUT2D eigenvalue weighted by molar-refractivity contribution is -0.118. The van der Waals surface area contributed by atoms with Crippen LogP contribution in [0.25, 0.3) is 0 Å². The number of anilines is 1. The number of hydrogen-bond acceptors (Lipinski definition) is 4. The zero-order valence-corrected chi connectivity index (χ0v) is 13.7. The predicted molar refractivity (Wildman–Crippen MR) is 83.5 cm³/mol. The summed E-state index contributed by atoms with van der Waals surface area (Å²) in [6.45, 7) is 3.47. The van der Waals surface area contributed by atoms with Gasteiger partial charge < -0.3 is 11.5 Å². The normalized spacial score (nSPS) is 11.8. The number of halogens is 1. The summed E-state index contributed by atoms with van der Waals surface area (Å²) >= 11 is 5.94. The Morgan fingerprint density at radius 1 is 1.38 bits per heavy atom. The van der Waals surface area contributed by atoms with E-state index in [2.05, 4.69) is 0 Å². The molecule has 0 aliphatic heterocycles. The van der Waals surface area contributed by atoms with E-state index in [1.165, 1.54) is 12.1 Å². The van der Waals surface area contributed by atoms with Gasteiger partial charge in [-0.25, -0.2) is 8.42 Å². The summed E-state index contributed by atoms with van der Waals surface area (Å²) in [7, 11) is -3.84. The van der Waals surface area contributed by atoms with E-state index in [1.807, 2.05) is 6.92 Å². The van der Waals surface area contributed by atoms with Crippen molar-refractivity contribution in [2.45, 2.75) is 31.6 Å². The van der Waals surface area contributed by atoms with E-state index in [4.69, 9.17) is 23.1 Å². The van der Waals surface area contributed by atoms with Crippen LogP contribution in [0.1, 0.15) is 25.3 Å². The van der Waals surface area contributed by atoms with Crippen LogP contribution in [-0.4, -0.2) is 31.7 Å². The van der Waals surface area contributed by atoms with Gasteiger partial charge in [0.2, 0.25) is 15.9 Å². The molecule has 1 amide bonds. The number of carbonyl (C=O) groups is 1. The highest BCUT2D eigenvalue weighted by Gasteiger charge is 2.26. The van der Waals surface area contributed by atoms with E-state index in [-0.39, 0.29) is 23.7 Å². The van der Waals surface area contributed by atoms with Crippen molar-refractivity contribution in [2.24, 2.45) is 5.73 Å². The molecule has 8 heteroatoms. The van der Waals surface area contributed by atoms with E-state index < -0.39 is 15.9 Å². The van der Waals surface area contributed by atoms with E-state index in [0.717, 1.165) is 10.7 Å². The molecule has 0 atom stereocenters. The van der Waals surface area contributed by atoms with Crippen LogP contribution >= 0.6 is 11.6 Å². The maximum Gasteiger partial charge on any atom is 0.243 e. The fraction of sp³-hybridized carbons (Fsp3) is 0.462. The average molecular weight is 334 g/mol. The molecule has 0 unspecified atom stereocenters. The van der Waals surface area contributed by atoms with Gasteiger partial charge in [0, 0.05) is 6.54 Å². The molecule has 1 rings (SSSR count). The molecule has 1 aromatic rings. The standard InChI is InChI=1S/C13H20ClN3O3S/c1-3-4-5-17(8-12(16)18)21(19,20)10-6-9(2)13(14)11(15)7-10/h6-7H,3-5,8,15H2,1-2H3,(H2,16,18). The Morgan fingerprint density at radius 3 is 2.48 bits per heavy atom. The van der Waals surface area contributed by atoms with Crippen molar-refractivity contribution in [1.82, 2.24) is 4.31 Å². The van der Waals surface area contributed by atoms with E-state index in [0.29, 0.717) is 17.0 Å². The van der Waals surface area contributed by atoms with Gasteiger partial charge in [0.05, 0.1) is 22.2 Å². The topological polar surface area (TPSA) is 106 Å². The number of nitrogens with two attached hydrogens (primary N) is 2. The number of rotatable bonds is 7. The molecule has 0 spiro atoms. The minimum absolute atomic E-state index is 0.0132. The Balaban J connectivity index is 3.24. The lowest BCUT2D eigenvalue weighted by atomic mass is 10.2. The summed E-state index contributed by atoms with van der Waals surface area (Å²) in [5.41, 5.74) is 11.6. The van der Waals surface area contributed by atoms with Crippen LogP contribution in [0.2, 0.25) is 5.02 Å². The molecular formula is C13H20ClN3O3S. The molecule has 0 fully saturated rings. The zero-order valence-electron chi connectivity index (χ0n) is 12.1. The monoisotopic (exact) mass is 333 g/mol. The predicted octanol–water partition coefficient (Wildman–Crippen LogP) is 1.51. The average Bonchev–Trinajstić information content (AvgIpc) is 2.39. The van der Waals surface area contributed by atoms with Crippen LogP contribution in [0.15, 0.2) is 17.0 Å². The first-order valence-electron chi connectivity index (χ1n) is 6.54. The van der Waals surface area contributed by atoms with Crippen LogP contribution in [-0.2, 0) is 14.8 Å². The minimum Gasteiger partial charge on any atom is -0.397 e. The quantitative estimate of drug-likeness (QED) is 0.737. The fourth-order valence-electron chi connectivity index (χ4n) is 1.85. The number of aryl methyl sites for hydroxylation is 1. The molecule has 1 aromatic carbocycles. The van der Waals surface area contributed by atoms with Gasteiger partial charge in [0.1, 0.15) is 0 Å². The number of nitrogen functional groups attached to an aromatic ring is 1. The molecule has 0 aliphatic carbocycles. The number of primary amides is 1. The van der Waals surface area contributed by atoms with Crippen molar-refractivity contribution < 1.29 is 13.2 Å². The summed E-state index contributed by atoms with van der Waals surface area (Å²) < 4.78 is 26.3. The molecule has 6 nitrogen and oxygen atoms in total. The lowest BCUT2D eigenvalue weighted by Crippen LogP contribution is -2.39. The van der Waals surface area contributed by atoms with E-state index >= 15 is 0 Å². The smallest absolute Gasteiger partial charge is 0.243 e. The molecular weight excluding hydrogens is 314 g/mol. The Labute approximate surface area is 130 Å². The van der Waals surface area contributed by atoms with Gasteiger partial charge in [-0.2, -0.15) is 4.31 Å². The van der Waals surface area contributed by atoms with Crippen LogP contribution in [0, 0.1) is 6.92 Å². The highest BCUT2D eigenvalue weighted by atomic mass is 35.5. The van der Waals surface area contributed by atoms with Gasteiger partial charge in [-0.05, 0) is 31.0 Å². The van der Waals surface area contributed by atoms with Crippen molar-refractivity contribution in [3.63, 3.8) is 0 Å². The van der Waals surface area contributed by atoms with Gasteiger partial charge in [-0.15, -0.1) is 0 Å². The Hall–Kier alpha value is -1.31. The second-order valence-electron chi connectivity index (χ2n) is 4.80.